The molecule has 1 aromatic carbocycles. The molecule has 1 heterocycles. The molecule has 1 unspecified atom stereocenters. The third-order valence-electron chi connectivity index (χ3n) is 3.56. The zero-order valence-electron chi connectivity index (χ0n) is 15.5. The van der Waals surface area contributed by atoms with Crippen molar-refractivity contribution in [3.8, 4) is 0 Å². The smallest absolute Gasteiger partial charge is 0.407 e. The summed E-state index contributed by atoms with van der Waals surface area (Å²) in [5, 5.41) is 10.3. The summed E-state index contributed by atoms with van der Waals surface area (Å²) in [5.41, 5.74) is 0.149. The topological polar surface area (TPSA) is 126 Å². The van der Waals surface area contributed by atoms with Crippen LogP contribution in [0.4, 0.5) is 10.5 Å². The van der Waals surface area contributed by atoms with E-state index in [1.54, 1.807) is 45.0 Å². The highest BCUT2D eigenvalue weighted by Crippen LogP contribution is 2.18. The average Bonchev–Trinajstić information content (AvgIpc) is 2.67. The molecule has 1 aliphatic heterocycles. The first-order chi connectivity index (χ1) is 12.7. The van der Waals surface area contributed by atoms with E-state index in [4.69, 9.17) is 4.74 Å². The fourth-order valence-electron chi connectivity index (χ4n) is 2.39. The number of carbonyl (C=O) groups excluding carboxylic acids is 4. The van der Waals surface area contributed by atoms with E-state index >= 15 is 0 Å². The van der Waals surface area contributed by atoms with Crippen LogP contribution in [0.3, 0.4) is 0 Å². The number of carbonyl (C=O) groups is 4. The van der Waals surface area contributed by atoms with Crippen LogP contribution in [0.1, 0.15) is 37.6 Å². The van der Waals surface area contributed by atoms with Crippen LogP contribution in [-0.2, 0) is 14.3 Å². The number of nitrogens with one attached hydrogen (secondary N) is 4. The second kappa shape index (κ2) is 8.52. The highest BCUT2D eigenvalue weighted by atomic mass is 16.6. The molecule has 1 atom stereocenters. The van der Waals surface area contributed by atoms with Crippen molar-refractivity contribution >= 4 is 29.5 Å². The van der Waals surface area contributed by atoms with Crippen LogP contribution in [-0.4, -0.2) is 48.5 Å². The van der Waals surface area contributed by atoms with E-state index in [9.17, 15) is 19.2 Å². The molecule has 4 N–H and O–H groups in total. The minimum Gasteiger partial charge on any atom is -0.444 e. The van der Waals surface area contributed by atoms with Gasteiger partial charge in [-0.3, -0.25) is 14.4 Å². The molecule has 2 rings (SSSR count). The zero-order chi connectivity index (χ0) is 20.0. The van der Waals surface area contributed by atoms with Crippen LogP contribution in [0.25, 0.3) is 0 Å². The van der Waals surface area contributed by atoms with E-state index in [2.05, 4.69) is 21.3 Å². The number of para-hydroxylation sites is 1. The van der Waals surface area contributed by atoms with Gasteiger partial charge in [-0.1, -0.05) is 12.1 Å². The molecule has 0 saturated heterocycles. The first kappa shape index (κ1) is 20.2. The Morgan fingerprint density at radius 1 is 1.11 bits per heavy atom. The summed E-state index contributed by atoms with van der Waals surface area (Å²) in [6.45, 7) is 5.59. The second-order valence-electron chi connectivity index (χ2n) is 7.04. The number of alkyl carbamates (subject to hydrolysis) is 1. The number of fused-ring (bicyclic) bond motifs is 1. The summed E-state index contributed by atoms with van der Waals surface area (Å²) in [4.78, 5) is 48.0. The van der Waals surface area contributed by atoms with Gasteiger partial charge in [-0.05, 0) is 32.9 Å². The monoisotopic (exact) mass is 376 g/mol. The van der Waals surface area contributed by atoms with E-state index in [1.807, 2.05) is 0 Å². The lowest BCUT2D eigenvalue weighted by Gasteiger charge is -2.19. The molecule has 0 aliphatic carbocycles. The van der Waals surface area contributed by atoms with Crippen LogP contribution < -0.4 is 21.3 Å². The Balaban J connectivity index is 1.78. The van der Waals surface area contributed by atoms with E-state index in [-0.39, 0.29) is 19.5 Å². The third kappa shape index (κ3) is 6.28. The molecule has 9 nitrogen and oxygen atoms in total. The Hall–Kier alpha value is -3.10. The minimum atomic E-state index is -0.983. The van der Waals surface area contributed by atoms with Crippen molar-refractivity contribution in [2.75, 3.05) is 18.4 Å². The van der Waals surface area contributed by atoms with Gasteiger partial charge in [0.1, 0.15) is 11.6 Å². The maximum atomic E-state index is 12.2. The van der Waals surface area contributed by atoms with Gasteiger partial charge in [0.25, 0.3) is 5.91 Å². The summed E-state index contributed by atoms with van der Waals surface area (Å²) in [6.07, 6.45) is -0.789. The lowest BCUT2D eigenvalue weighted by molar-refractivity contribution is -0.125. The Morgan fingerprint density at radius 2 is 1.78 bits per heavy atom. The number of rotatable bonds is 5. The van der Waals surface area contributed by atoms with Crippen LogP contribution in [0.2, 0.25) is 0 Å². The van der Waals surface area contributed by atoms with Crippen molar-refractivity contribution in [1.82, 2.24) is 16.0 Å². The molecule has 1 aromatic rings. The predicted octanol–water partition coefficient (Wildman–Crippen LogP) is 0.768. The lowest BCUT2D eigenvalue weighted by atomic mass is 10.1. The van der Waals surface area contributed by atoms with E-state index in [0.29, 0.717) is 11.3 Å². The number of anilines is 1. The predicted molar refractivity (Wildman–Crippen MR) is 98.2 cm³/mol. The van der Waals surface area contributed by atoms with Gasteiger partial charge in [0.2, 0.25) is 11.8 Å². The maximum Gasteiger partial charge on any atom is 0.407 e. The standard InChI is InChI=1S/C18H24N4O5/c1-18(2,3)27-17(26)20-9-8-19-14(23)10-13-16(25)21-12-7-5-4-6-11(12)15(24)22-13/h4-7,13H,8-10H2,1-3H3,(H,19,23)(H,20,26)(H,21,25)(H,22,24). The molecule has 0 bridgehead atoms. The van der Waals surface area contributed by atoms with Crippen LogP contribution in [0.5, 0.6) is 0 Å². The molecule has 4 amide bonds. The molecule has 0 saturated carbocycles. The van der Waals surface area contributed by atoms with E-state index < -0.39 is 35.5 Å². The number of amides is 4. The summed E-state index contributed by atoms with van der Waals surface area (Å²) >= 11 is 0. The second-order valence-corrected chi connectivity index (χ2v) is 7.04. The highest BCUT2D eigenvalue weighted by Gasteiger charge is 2.29. The summed E-state index contributed by atoms with van der Waals surface area (Å²) in [7, 11) is 0. The Bertz CT molecular complexity index is 742. The maximum absolute atomic E-state index is 12.2. The molecule has 0 radical (unpaired) electrons. The number of hydrogen-bond acceptors (Lipinski definition) is 5. The molecule has 0 aromatic heterocycles. The Kier molecular flexibility index (Phi) is 6.38. The van der Waals surface area contributed by atoms with Crippen LogP contribution >= 0.6 is 0 Å². The molecule has 0 spiro atoms. The SMILES string of the molecule is CC(C)(C)OC(=O)NCCNC(=O)CC1NC(=O)c2ccccc2NC1=O. The van der Waals surface area contributed by atoms with Crippen LogP contribution in [0.15, 0.2) is 24.3 Å². The van der Waals surface area contributed by atoms with Gasteiger partial charge in [-0.2, -0.15) is 0 Å². The van der Waals surface area contributed by atoms with Crippen molar-refractivity contribution in [3.63, 3.8) is 0 Å². The fraction of sp³-hybridized carbons (Fsp3) is 0.444. The number of benzene rings is 1. The van der Waals surface area contributed by atoms with Crippen molar-refractivity contribution in [2.24, 2.45) is 0 Å². The zero-order valence-corrected chi connectivity index (χ0v) is 15.5. The van der Waals surface area contributed by atoms with Gasteiger partial charge in [-0.15, -0.1) is 0 Å². The lowest BCUT2D eigenvalue weighted by Crippen LogP contribution is -2.45. The molecule has 9 heteroatoms. The first-order valence-electron chi connectivity index (χ1n) is 8.60. The molecular formula is C18H24N4O5. The molecule has 0 fully saturated rings. The fourth-order valence-corrected chi connectivity index (χ4v) is 2.39. The first-order valence-corrected chi connectivity index (χ1v) is 8.60. The van der Waals surface area contributed by atoms with Gasteiger partial charge in [0, 0.05) is 13.1 Å². The summed E-state index contributed by atoms with van der Waals surface area (Å²) in [5.74, 6) is -1.31. The average molecular weight is 376 g/mol. The molecular weight excluding hydrogens is 352 g/mol. The van der Waals surface area contributed by atoms with Crippen molar-refractivity contribution in [1.29, 1.82) is 0 Å². The van der Waals surface area contributed by atoms with Gasteiger partial charge >= 0.3 is 6.09 Å². The molecule has 146 valence electrons. The summed E-state index contributed by atoms with van der Waals surface area (Å²) in [6, 6.07) is 5.63. The highest BCUT2D eigenvalue weighted by molar-refractivity contribution is 6.10. The van der Waals surface area contributed by atoms with Gasteiger partial charge in [0.15, 0.2) is 0 Å². The van der Waals surface area contributed by atoms with Gasteiger partial charge < -0.3 is 26.0 Å². The minimum absolute atomic E-state index is 0.167. The quantitative estimate of drug-likeness (QED) is 0.565. The Labute approximate surface area is 157 Å². The van der Waals surface area contributed by atoms with Gasteiger partial charge in [-0.25, -0.2) is 4.79 Å². The molecule has 27 heavy (non-hydrogen) atoms. The molecule has 1 aliphatic rings. The normalized spacial score (nSPS) is 16.3. The van der Waals surface area contributed by atoms with E-state index in [0.717, 1.165) is 0 Å². The summed E-state index contributed by atoms with van der Waals surface area (Å²) < 4.78 is 5.07. The van der Waals surface area contributed by atoms with Crippen molar-refractivity contribution in [3.05, 3.63) is 29.8 Å². The van der Waals surface area contributed by atoms with Crippen molar-refractivity contribution in [2.45, 2.75) is 38.8 Å². The van der Waals surface area contributed by atoms with Crippen LogP contribution in [0, 0.1) is 0 Å². The number of ether oxygens (including phenoxy) is 1. The van der Waals surface area contributed by atoms with E-state index in [1.165, 1.54) is 0 Å². The largest absolute Gasteiger partial charge is 0.444 e. The Morgan fingerprint density at radius 3 is 2.48 bits per heavy atom. The third-order valence-corrected chi connectivity index (χ3v) is 3.56. The van der Waals surface area contributed by atoms with Gasteiger partial charge in [0.05, 0.1) is 17.7 Å². The number of hydrogen-bond donors (Lipinski definition) is 4. The van der Waals surface area contributed by atoms with Crippen molar-refractivity contribution < 1.29 is 23.9 Å².